The first kappa shape index (κ1) is 12.4. The molecule has 1 amide bonds. The van der Waals surface area contributed by atoms with Crippen LogP contribution in [0.4, 0.5) is 0 Å². The van der Waals surface area contributed by atoms with Gasteiger partial charge in [-0.05, 0) is 24.5 Å². The number of nitrogens with one attached hydrogen (secondary N) is 1. The Morgan fingerprint density at radius 2 is 2.29 bits per heavy atom. The van der Waals surface area contributed by atoms with E-state index in [1.807, 2.05) is 18.2 Å². The predicted molar refractivity (Wildman–Crippen MR) is 67.1 cm³/mol. The lowest BCUT2D eigenvalue weighted by molar-refractivity contribution is -0.120. The molecule has 1 aromatic rings. The number of ether oxygens (including phenoxy) is 1. The van der Waals surface area contributed by atoms with Gasteiger partial charge < -0.3 is 10.1 Å². The number of carbonyl (C=O) groups is 1. The lowest BCUT2D eigenvalue weighted by Crippen LogP contribution is -2.32. The summed E-state index contributed by atoms with van der Waals surface area (Å²) in [6, 6.07) is 7.41. The van der Waals surface area contributed by atoms with Crippen molar-refractivity contribution in [2.24, 2.45) is 0 Å². The number of amides is 1. The molecule has 1 fully saturated rings. The van der Waals surface area contributed by atoms with Gasteiger partial charge in [0.05, 0.1) is 12.5 Å². The average molecular weight is 254 g/mol. The van der Waals surface area contributed by atoms with Crippen LogP contribution in [-0.2, 0) is 16.0 Å². The highest BCUT2D eigenvalue weighted by Crippen LogP contribution is 2.15. The molecule has 0 saturated carbocycles. The SMILES string of the molecule is O=C(Cc1ccccc1Cl)NCC1CCCO1. The summed E-state index contributed by atoms with van der Waals surface area (Å²) in [4.78, 5) is 11.7. The standard InChI is InChI=1S/C13H16ClNO2/c14-12-6-2-1-4-10(12)8-13(16)15-9-11-5-3-7-17-11/h1-2,4,6,11H,3,5,7-9H2,(H,15,16). The monoisotopic (exact) mass is 253 g/mol. The molecule has 92 valence electrons. The van der Waals surface area contributed by atoms with E-state index in [0.717, 1.165) is 25.0 Å². The second kappa shape index (κ2) is 6.03. The van der Waals surface area contributed by atoms with E-state index in [1.54, 1.807) is 6.07 Å². The average Bonchev–Trinajstić information content (AvgIpc) is 2.82. The minimum atomic E-state index is -0.00593. The Labute approximate surface area is 106 Å². The van der Waals surface area contributed by atoms with E-state index in [4.69, 9.17) is 16.3 Å². The van der Waals surface area contributed by atoms with Crippen molar-refractivity contribution >= 4 is 17.5 Å². The van der Waals surface area contributed by atoms with Gasteiger partial charge in [-0.3, -0.25) is 4.79 Å². The summed E-state index contributed by atoms with van der Waals surface area (Å²) in [5.41, 5.74) is 0.860. The molecule has 2 rings (SSSR count). The molecule has 1 heterocycles. The lowest BCUT2D eigenvalue weighted by atomic mass is 10.1. The fourth-order valence-electron chi connectivity index (χ4n) is 1.91. The molecule has 1 atom stereocenters. The van der Waals surface area contributed by atoms with Crippen molar-refractivity contribution in [2.45, 2.75) is 25.4 Å². The van der Waals surface area contributed by atoms with E-state index in [1.165, 1.54) is 0 Å². The first-order valence-electron chi connectivity index (χ1n) is 5.87. The van der Waals surface area contributed by atoms with Crippen LogP contribution in [0.3, 0.4) is 0 Å². The molecule has 1 unspecified atom stereocenters. The molecule has 0 spiro atoms. The molecule has 17 heavy (non-hydrogen) atoms. The van der Waals surface area contributed by atoms with Gasteiger partial charge in [-0.15, -0.1) is 0 Å². The predicted octanol–water partition coefficient (Wildman–Crippen LogP) is 2.18. The van der Waals surface area contributed by atoms with Crippen LogP contribution in [0.15, 0.2) is 24.3 Å². The Balaban J connectivity index is 1.79. The fraction of sp³-hybridized carbons (Fsp3) is 0.462. The van der Waals surface area contributed by atoms with E-state index in [0.29, 0.717) is 18.0 Å². The maximum Gasteiger partial charge on any atom is 0.224 e. The van der Waals surface area contributed by atoms with Crippen molar-refractivity contribution in [3.05, 3.63) is 34.9 Å². The van der Waals surface area contributed by atoms with Gasteiger partial charge in [0.15, 0.2) is 0 Å². The van der Waals surface area contributed by atoms with Crippen molar-refractivity contribution in [3.8, 4) is 0 Å². The van der Waals surface area contributed by atoms with Crippen LogP contribution in [0, 0.1) is 0 Å². The lowest BCUT2D eigenvalue weighted by Gasteiger charge is -2.11. The maximum absolute atomic E-state index is 11.7. The Hall–Kier alpha value is -1.06. The van der Waals surface area contributed by atoms with E-state index in [9.17, 15) is 4.79 Å². The fourth-order valence-corrected chi connectivity index (χ4v) is 2.11. The first-order chi connectivity index (χ1) is 8.25. The van der Waals surface area contributed by atoms with Crippen LogP contribution in [0.1, 0.15) is 18.4 Å². The van der Waals surface area contributed by atoms with Gasteiger partial charge in [-0.1, -0.05) is 29.8 Å². The van der Waals surface area contributed by atoms with Gasteiger partial charge in [0, 0.05) is 18.2 Å². The van der Waals surface area contributed by atoms with Crippen molar-refractivity contribution in [1.82, 2.24) is 5.32 Å². The van der Waals surface area contributed by atoms with Crippen LogP contribution in [0.5, 0.6) is 0 Å². The van der Waals surface area contributed by atoms with Gasteiger partial charge >= 0.3 is 0 Å². The third-order valence-electron chi connectivity index (χ3n) is 2.86. The maximum atomic E-state index is 11.7. The van der Waals surface area contributed by atoms with Crippen molar-refractivity contribution in [2.75, 3.05) is 13.2 Å². The van der Waals surface area contributed by atoms with Crippen LogP contribution in [-0.4, -0.2) is 25.2 Å². The molecule has 0 bridgehead atoms. The molecule has 1 saturated heterocycles. The van der Waals surface area contributed by atoms with Gasteiger partial charge in [0.2, 0.25) is 5.91 Å². The molecular formula is C13H16ClNO2. The summed E-state index contributed by atoms with van der Waals surface area (Å²) >= 11 is 5.99. The summed E-state index contributed by atoms with van der Waals surface area (Å²) < 4.78 is 5.44. The Bertz CT molecular complexity index is 389. The molecule has 0 aliphatic carbocycles. The van der Waals surface area contributed by atoms with Gasteiger partial charge in [-0.25, -0.2) is 0 Å². The second-order valence-corrected chi connectivity index (χ2v) is 4.61. The zero-order valence-corrected chi connectivity index (χ0v) is 10.4. The van der Waals surface area contributed by atoms with Crippen LogP contribution in [0.2, 0.25) is 5.02 Å². The highest BCUT2D eigenvalue weighted by atomic mass is 35.5. The summed E-state index contributed by atoms with van der Waals surface area (Å²) in [5, 5.41) is 3.52. The third kappa shape index (κ3) is 3.72. The molecule has 3 nitrogen and oxygen atoms in total. The van der Waals surface area contributed by atoms with Crippen LogP contribution >= 0.6 is 11.6 Å². The quantitative estimate of drug-likeness (QED) is 0.893. The number of carbonyl (C=O) groups excluding carboxylic acids is 1. The van der Waals surface area contributed by atoms with E-state index in [-0.39, 0.29) is 12.0 Å². The molecule has 0 aromatic heterocycles. The summed E-state index contributed by atoms with van der Waals surface area (Å²) in [6.07, 6.45) is 2.63. The zero-order valence-electron chi connectivity index (χ0n) is 9.62. The molecule has 1 aromatic carbocycles. The second-order valence-electron chi connectivity index (χ2n) is 4.21. The van der Waals surface area contributed by atoms with E-state index < -0.39 is 0 Å². The number of benzene rings is 1. The van der Waals surface area contributed by atoms with Gasteiger partial charge in [0.25, 0.3) is 0 Å². The Morgan fingerprint density at radius 1 is 1.47 bits per heavy atom. The summed E-state index contributed by atoms with van der Waals surface area (Å²) in [7, 11) is 0. The minimum absolute atomic E-state index is 0.00593. The van der Waals surface area contributed by atoms with Crippen LogP contribution < -0.4 is 5.32 Å². The summed E-state index contributed by atoms with van der Waals surface area (Å²) in [6.45, 7) is 1.41. The Morgan fingerprint density at radius 3 is 3.00 bits per heavy atom. The minimum Gasteiger partial charge on any atom is -0.376 e. The van der Waals surface area contributed by atoms with Crippen molar-refractivity contribution in [1.29, 1.82) is 0 Å². The smallest absolute Gasteiger partial charge is 0.224 e. The van der Waals surface area contributed by atoms with Crippen LogP contribution in [0.25, 0.3) is 0 Å². The van der Waals surface area contributed by atoms with E-state index >= 15 is 0 Å². The molecular weight excluding hydrogens is 238 g/mol. The number of rotatable bonds is 4. The topological polar surface area (TPSA) is 38.3 Å². The zero-order chi connectivity index (χ0) is 12.1. The molecule has 4 heteroatoms. The summed E-state index contributed by atoms with van der Waals surface area (Å²) in [5.74, 6) is -0.00593. The largest absolute Gasteiger partial charge is 0.376 e. The number of hydrogen-bond donors (Lipinski definition) is 1. The molecule has 1 N–H and O–H groups in total. The van der Waals surface area contributed by atoms with Crippen molar-refractivity contribution < 1.29 is 9.53 Å². The first-order valence-corrected chi connectivity index (χ1v) is 6.25. The molecule has 0 radical (unpaired) electrons. The highest BCUT2D eigenvalue weighted by Gasteiger charge is 2.16. The number of hydrogen-bond acceptors (Lipinski definition) is 2. The molecule has 1 aliphatic rings. The van der Waals surface area contributed by atoms with Gasteiger partial charge in [-0.2, -0.15) is 0 Å². The molecule has 1 aliphatic heterocycles. The normalized spacial score (nSPS) is 19.2. The highest BCUT2D eigenvalue weighted by molar-refractivity contribution is 6.31. The number of halogens is 1. The van der Waals surface area contributed by atoms with E-state index in [2.05, 4.69) is 5.32 Å². The van der Waals surface area contributed by atoms with Crippen molar-refractivity contribution in [3.63, 3.8) is 0 Å². The van der Waals surface area contributed by atoms with Gasteiger partial charge in [0.1, 0.15) is 0 Å². The third-order valence-corrected chi connectivity index (χ3v) is 3.23. The Kier molecular flexibility index (Phi) is 4.40.